The zero-order chi connectivity index (χ0) is 30.4. The molecule has 2 aromatic carbocycles. The summed E-state index contributed by atoms with van der Waals surface area (Å²) in [5.41, 5.74) is 3.25. The average molecular weight is 629 g/mol. The standard InChI is InChI=1S/C33H41ClN2O6S/c1-21-5-3-7-29(37)26-11-8-24(26)17-36-19-33(14-4-6-22-15-25(34)10-12-27(22)33)20-42-30-13-9-23(16-28(30)36)32(38)35-43(39,40)31(21)18-41-2/h3,7,9-10,12-13,15-16,21,24,26,29,31,37H,4-6,8,11,14,17-20H2,1-2H3,(H,35,38)/b7-3+. The van der Waals surface area contributed by atoms with Crippen LogP contribution < -0.4 is 14.4 Å². The number of carbonyl (C=O) groups excluding carboxylic acids is 1. The molecule has 2 N–H and O–H groups in total. The minimum atomic E-state index is -4.06. The molecule has 6 rings (SSSR count). The van der Waals surface area contributed by atoms with Crippen molar-refractivity contribution in [2.75, 3.05) is 38.3 Å². The first-order valence-corrected chi connectivity index (χ1v) is 17.2. The van der Waals surface area contributed by atoms with Gasteiger partial charge in [-0.15, -0.1) is 0 Å². The SMILES string of the molecule is COCC1C(C)C/C=C/C(O)C2CCC2CN2CC3(CCCc4cc(Cl)ccc43)COc3ccc(cc32)C(=O)NS1(=O)=O. The number of halogens is 1. The van der Waals surface area contributed by atoms with Crippen molar-refractivity contribution in [3.8, 4) is 5.75 Å². The highest BCUT2D eigenvalue weighted by molar-refractivity contribution is 7.90. The van der Waals surface area contributed by atoms with Gasteiger partial charge in [0.05, 0.1) is 25.0 Å². The molecule has 1 amide bonds. The molecule has 232 valence electrons. The monoisotopic (exact) mass is 628 g/mol. The molecule has 2 aromatic rings. The van der Waals surface area contributed by atoms with Gasteiger partial charge in [-0.2, -0.15) is 0 Å². The lowest BCUT2D eigenvalue weighted by atomic mass is 9.68. The number of allylic oxidation sites excluding steroid dienone is 1. The lowest BCUT2D eigenvalue weighted by molar-refractivity contribution is 0.0455. The zero-order valence-electron chi connectivity index (χ0n) is 24.8. The van der Waals surface area contributed by atoms with Crippen molar-refractivity contribution >= 4 is 33.2 Å². The highest BCUT2D eigenvalue weighted by Crippen LogP contribution is 2.46. The number of benzene rings is 2. The van der Waals surface area contributed by atoms with Crippen LogP contribution in [-0.2, 0) is 26.6 Å². The van der Waals surface area contributed by atoms with E-state index in [2.05, 4.69) is 21.8 Å². The van der Waals surface area contributed by atoms with E-state index in [1.54, 1.807) is 18.2 Å². The number of nitrogens with zero attached hydrogens (tertiary/aromatic N) is 1. The molecular weight excluding hydrogens is 588 g/mol. The molecule has 10 heteroatoms. The fourth-order valence-corrected chi connectivity index (χ4v) is 9.28. The van der Waals surface area contributed by atoms with Gasteiger partial charge in [-0.05, 0) is 97.7 Å². The van der Waals surface area contributed by atoms with Crippen molar-refractivity contribution in [2.45, 2.75) is 62.2 Å². The number of carbonyl (C=O) groups is 1. The van der Waals surface area contributed by atoms with E-state index in [9.17, 15) is 18.3 Å². The summed E-state index contributed by atoms with van der Waals surface area (Å²) < 4.78 is 41.0. The number of aliphatic hydroxyl groups is 1. The van der Waals surface area contributed by atoms with Gasteiger partial charge in [-0.1, -0.05) is 36.7 Å². The van der Waals surface area contributed by atoms with Crippen LogP contribution in [0.1, 0.15) is 60.5 Å². The van der Waals surface area contributed by atoms with Crippen LogP contribution in [0.4, 0.5) is 5.69 Å². The third-order valence-electron chi connectivity index (χ3n) is 10.1. The van der Waals surface area contributed by atoms with E-state index in [-0.39, 0.29) is 35.3 Å². The van der Waals surface area contributed by atoms with Gasteiger partial charge in [0.15, 0.2) is 0 Å². The number of anilines is 1. The maximum Gasteiger partial charge on any atom is 0.264 e. The zero-order valence-corrected chi connectivity index (χ0v) is 26.4. The molecule has 6 atom stereocenters. The molecule has 2 bridgehead atoms. The Morgan fingerprint density at radius 1 is 1.21 bits per heavy atom. The Morgan fingerprint density at radius 2 is 2.05 bits per heavy atom. The van der Waals surface area contributed by atoms with Crippen LogP contribution in [-0.4, -0.2) is 64.2 Å². The fourth-order valence-electron chi connectivity index (χ4n) is 7.52. The smallest absolute Gasteiger partial charge is 0.264 e. The van der Waals surface area contributed by atoms with Gasteiger partial charge >= 0.3 is 0 Å². The number of fused-ring (bicyclic) bond motifs is 4. The van der Waals surface area contributed by atoms with Gasteiger partial charge in [0.25, 0.3) is 5.91 Å². The van der Waals surface area contributed by atoms with E-state index in [0.717, 1.165) is 42.8 Å². The second-order valence-electron chi connectivity index (χ2n) is 12.9. The number of aryl methyl sites for hydroxylation is 1. The predicted molar refractivity (Wildman–Crippen MR) is 167 cm³/mol. The number of hydrogen-bond acceptors (Lipinski definition) is 7. The summed E-state index contributed by atoms with van der Waals surface area (Å²) in [5.74, 6) is 0.0259. The third kappa shape index (κ3) is 5.93. The summed E-state index contributed by atoms with van der Waals surface area (Å²) in [4.78, 5) is 15.8. The van der Waals surface area contributed by atoms with E-state index >= 15 is 0 Å². The van der Waals surface area contributed by atoms with E-state index in [1.807, 2.05) is 25.1 Å². The maximum absolute atomic E-state index is 13.5. The summed E-state index contributed by atoms with van der Waals surface area (Å²) in [7, 11) is -2.61. The summed E-state index contributed by atoms with van der Waals surface area (Å²) in [6.45, 7) is 3.64. The van der Waals surface area contributed by atoms with Crippen molar-refractivity contribution < 1.29 is 27.8 Å². The Morgan fingerprint density at radius 3 is 2.81 bits per heavy atom. The molecule has 0 saturated heterocycles. The predicted octanol–water partition coefficient (Wildman–Crippen LogP) is 4.87. The first-order valence-electron chi connectivity index (χ1n) is 15.3. The quantitative estimate of drug-likeness (QED) is 0.457. The molecule has 2 aliphatic heterocycles. The molecule has 0 aromatic heterocycles. The Bertz CT molecular complexity index is 1510. The van der Waals surface area contributed by atoms with Crippen LogP contribution in [0.25, 0.3) is 0 Å². The summed E-state index contributed by atoms with van der Waals surface area (Å²) in [5, 5.41) is 11.0. The minimum absolute atomic E-state index is 0.0502. The number of sulfonamides is 1. The molecule has 0 radical (unpaired) electrons. The molecule has 2 heterocycles. The van der Waals surface area contributed by atoms with Gasteiger partial charge in [0, 0.05) is 36.2 Å². The van der Waals surface area contributed by atoms with Crippen LogP contribution in [0, 0.1) is 17.8 Å². The number of nitrogens with one attached hydrogen (secondary N) is 1. The minimum Gasteiger partial charge on any atom is -0.490 e. The lowest BCUT2D eigenvalue weighted by Crippen LogP contribution is -2.49. The summed E-state index contributed by atoms with van der Waals surface area (Å²) in [6, 6.07) is 11.3. The molecule has 6 unspecified atom stereocenters. The third-order valence-corrected chi connectivity index (χ3v) is 12.2. The van der Waals surface area contributed by atoms with Crippen molar-refractivity contribution in [3.63, 3.8) is 0 Å². The molecule has 2 aliphatic carbocycles. The number of aliphatic hydroxyl groups excluding tert-OH is 1. The van der Waals surface area contributed by atoms with Gasteiger partial charge < -0.3 is 19.5 Å². The Labute approximate surface area is 259 Å². The summed E-state index contributed by atoms with van der Waals surface area (Å²) in [6.07, 6.45) is 8.38. The Balaban J connectivity index is 1.42. The van der Waals surface area contributed by atoms with Crippen molar-refractivity contribution in [3.05, 3.63) is 70.3 Å². The molecule has 43 heavy (non-hydrogen) atoms. The molecular formula is C33H41ClN2O6S. The number of methoxy groups -OCH3 is 1. The van der Waals surface area contributed by atoms with Crippen molar-refractivity contribution in [2.24, 2.45) is 17.8 Å². The van der Waals surface area contributed by atoms with Crippen LogP contribution in [0.15, 0.2) is 48.6 Å². The Hall–Kier alpha value is -2.59. The van der Waals surface area contributed by atoms with E-state index in [0.29, 0.717) is 31.9 Å². The first-order chi connectivity index (χ1) is 20.6. The van der Waals surface area contributed by atoms with Crippen LogP contribution in [0.3, 0.4) is 0 Å². The summed E-state index contributed by atoms with van der Waals surface area (Å²) >= 11 is 6.39. The maximum atomic E-state index is 13.5. The molecule has 1 spiro atoms. The number of amides is 1. The van der Waals surface area contributed by atoms with Crippen molar-refractivity contribution in [1.29, 1.82) is 0 Å². The van der Waals surface area contributed by atoms with Crippen molar-refractivity contribution in [1.82, 2.24) is 4.72 Å². The van der Waals surface area contributed by atoms with Crippen LogP contribution in [0.5, 0.6) is 5.75 Å². The van der Waals surface area contributed by atoms with Gasteiger partial charge in [0.1, 0.15) is 11.0 Å². The molecule has 1 saturated carbocycles. The van der Waals surface area contributed by atoms with Crippen LogP contribution in [0.2, 0.25) is 5.02 Å². The molecule has 8 nitrogen and oxygen atoms in total. The second kappa shape index (κ2) is 12.1. The molecule has 1 fully saturated rings. The van der Waals surface area contributed by atoms with E-state index < -0.39 is 27.3 Å². The Kier molecular flexibility index (Phi) is 8.54. The average Bonchev–Trinajstić information content (AvgIpc) is 3.10. The normalized spacial score (nSPS) is 32.8. The second-order valence-corrected chi connectivity index (χ2v) is 15.2. The number of rotatable bonds is 2. The molecule has 4 aliphatic rings. The van der Waals surface area contributed by atoms with Crippen LogP contribution >= 0.6 is 11.6 Å². The van der Waals surface area contributed by atoms with E-state index in [1.165, 1.54) is 18.2 Å². The highest BCUT2D eigenvalue weighted by Gasteiger charge is 2.44. The lowest BCUT2D eigenvalue weighted by Gasteiger charge is -2.45. The number of hydrogen-bond donors (Lipinski definition) is 2. The van der Waals surface area contributed by atoms with Gasteiger partial charge in [-0.3, -0.25) is 4.79 Å². The van der Waals surface area contributed by atoms with E-state index in [4.69, 9.17) is 21.1 Å². The largest absolute Gasteiger partial charge is 0.490 e. The number of ether oxygens (including phenoxy) is 2. The van der Waals surface area contributed by atoms with Gasteiger partial charge in [-0.25, -0.2) is 13.1 Å². The topological polar surface area (TPSA) is 105 Å². The van der Waals surface area contributed by atoms with Gasteiger partial charge in [0.2, 0.25) is 10.0 Å². The fraction of sp³-hybridized carbons (Fsp3) is 0.545. The highest BCUT2D eigenvalue weighted by atomic mass is 35.5. The first kappa shape index (κ1) is 30.4.